The lowest BCUT2D eigenvalue weighted by Gasteiger charge is -2.06. The molecule has 0 aliphatic heterocycles. The van der Waals surface area contributed by atoms with Crippen molar-refractivity contribution in [2.24, 2.45) is 5.10 Å². The van der Waals surface area contributed by atoms with Gasteiger partial charge in [0.25, 0.3) is 0 Å². The van der Waals surface area contributed by atoms with E-state index in [2.05, 4.69) is 25.2 Å². The fourth-order valence-electron chi connectivity index (χ4n) is 2.24. The lowest BCUT2D eigenvalue weighted by atomic mass is 10.1. The third kappa shape index (κ3) is 3.05. The number of esters is 1. The Morgan fingerprint density at radius 2 is 2.08 bits per heavy atom. The third-order valence-corrected chi connectivity index (χ3v) is 3.54. The van der Waals surface area contributed by atoms with Gasteiger partial charge in [0.2, 0.25) is 5.95 Å². The van der Waals surface area contributed by atoms with Crippen molar-refractivity contribution in [3.05, 3.63) is 53.6 Å². The van der Waals surface area contributed by atoms with Gasteiger partial charge in [-0.15, -0.1) is 0 Å². The summed E-state index contributed by atoms with van der Waals surface area (Å²) in [4.78, 5) is 19.1. The summed E-state index contributed by atoms with van der Waals surface area (Å²) in [6.45, 7) is 1.78. The number of carbonyl (C=O) groups excluding carboxylic acids is 1. The van der Waals surface area contributed by atoms with E-state index in [4.69, 9.17) is 0 Å². The van der Waals surface area contributed by atoms with Gasteiger partial charge in [-0.1, -0.05) is 12.1 Å². The first-order chi connectivity index (χ1) is 11.6. The van der Waals surface area contributed by atoms with Gasteiger partial charge in [0, 0.05) is 0 Å². The summed E-state index contributed by atoms with van der Waals surface area (Å²) in [6.07, 6.45) is 0. The molecule has 7 heteroatoms. The van der Waals surface area contributed by atoms with Gasteiger partial charge in [0.05, 0.1) is 23.9 Å². The number of aromatic amines is 1. The number of fused-ring (bicyclic) bond motifs is 1. The molecule has 0 spiro atoms. The molecule has 0 aliphatic rings. The Labute approximate surface area is 138 Å². The van der Waals surface area contributed by atoms with Crippen LogP contribution in [-0.4, -0.2) is 33.9 Å². The maximum atomic E-state index is 11.6. The predicted octanol–water partition coefficient (Wildman–Crippen LogP) is 2.89. The minimum absolute atomic E-state index is 0.0910. The number of hydrogen-bond donors (Lipinski definition) is 3. The fraction of sp³-hybridized carbons (Fsp3) is 0.118. The Balaban J connectivity index is 1.84. The number of anilines is 1. The summed E-state index contributed by atoms with van der Waals surface area (Å²) in [6, 6.07) is 12.3. The van der Waals surface area contributed by atoms with Crippen molar-refractivity contribution in [2.45, 2.75) is 6.92 Å². The van der Waals surface area contributed by atoms with Gasteiger partial charge < -0.3 is 14.8 Å². The number of rotatable bonds is 4. The van der Waals surface area contributed by atoms with E-state index < -0.39 is 5.97 Å². The molecule has 0 fully saturated rings. The summed E-state index contributed by atoms with van der Waals surface area (Å²) in [5.41, 5.74) is 5.99. The molecular formula is C17H16N4O3. The molecule has 0 radical (unpaired) electrons. The molecule has 0 bridgehead atoms. The van der Waals surface area contributed by atoms with Crippen LogP contribution in [0.3, 0.4) is 0 Å². The van der Waals surface area contributed by atoms with Gasteiger partial charge in [-0.05, 0) is 42.8 Å². The molecular weight excluding hydrogens is 308 g/mol. The van der Waals surface area contributed by atoms with Crippen molar-refractivity contribution in [3.8, 4) is 5.75 Å². The monoisotopic (exact) mass is 324 g/mol. The molecule has 0 saturated heterocycles. The van der Waals surface area contributed by atoms with Gasteiger partial charge in [0.1, 0.15) is 11.3 Å². The first-order valence-corrected chi connectivity index (χ1v) is 7.25. The zero-order valence-electron chi connectivity index (χ0n) is 13.2. The van der Waals surface area contributed by atoms with Crippen molar-refractivity contribution >= 4 is 28.7 Å². The Morgan fingerprint density at radius 1 is 1.29 bits per heavy atom. The number of aromatic nitrogens is 2. The number of phenols is 1. The maximum absolute atomic E-state index is 11.6. The minimum atomic E-state index is -0.604. The number of benzene rings is 2. The SMILES string of the molecule is COC(=O)c1cc(/C(C)=N/Nc2nc3ccccc3[nH]2)ccc1O. The van der Waals surface area contributed by atoms with Crippen LogP contribution in [0.2, 0.25) is 0 Å². The van der Waals surface area contributed by atoms with Crippen molar-refractivity contribution in [2.75, 3.05) is 12.5 Å². The van der Waals surface area contributed by atoms with Crippen LogP contribution in [0.1, 0.15) is 22.8 Å². The quantitative estimate of drug-likeness (QED) is 0.389. The summed E-state index contributed by atoms with van der Waals surface area (Å²) in [5, 5.41) is 14.0. The van der Waals surface area contributed by atoms with Gasteiger partial charge >= 0.3 is 5.97 Å². The number of hydrogen-bond acceptors (Lipinski definition) is 6. The number of ether oxygens (including phenoxy) is 1. The highest BCUT2D eigenvalue weighted by atomic mass is 16.5. The molecule has 122 valence electrons. The second-order valence-corrected chi connectivity index (χ2v) is 5.14. The minimum Gasteiger partial charge on any atom is -0.507 e. The van der Waals surface area contributed by atoms with E-state index in [1.807, 2.05) is 24.3 Å². The fourth-order valence-corrected chi connectivity index (χ4v) is 2.24. The Bertz CT molecular complexity index is 897. The number of aromatic hydroxyl groups is 1. The van der Waals surface area contributed by atoms with Crippen molar-refractivity contribution in [1.82, 2.24) is 9.97 Å². The molecule has 3 rings (SSSR count). The summed E-state index contributed by atoms with van der Waals surface area (Å²) in [7, 11) is 1.26. The number of carbonyl (C=O) groups is 1. The molecule has 1 aromatic heterocycles. The van der Waals surface area contributed by atoms with Crippen molar-refractivity contribution in [3.63, 3.8) is 0 Å². The van der Waals surface area contributed by atoms with Crippen LogP contribution in [0.4, 0.5) is 5.95 Å². The summed E-state index contributed by atoms with van der Waals surface area (Å²) < 4.78 is 4.65. The molecule has 0 atom stereocenters. The van der Waals surface area contributed by atoms with Crippen LogP contribution in [0, 0.1) is 0 Å². The second-order valence-electron chi connectivity index (χ2n) is 5.14. The Hall–Kier alpha value is -3.35. The highest BCUT2D eigenvalue weighted by molar-refractivity contribution is 6.02. The molecule has 0 amide bonds. The van der Waals surface area contributed by atoms with Crippen LogP contribution in [0.5, 0.6) is 5.75 Å². The normalized spacial score (nSPS) is 11.5. The van der Waals surface area contributed by atoms with E-state index in [0.29, 0.717) is 17.2 Å². The largest absolute Gasteiger partial charge is 0.507 e. The zero-order valence-corrected chi connectivity index (χ0v) is 13.2. The van der Waals surface area contributed by atoms with E-state index >= 15 is 0 Å². The standard InChI is InChI=1S/C17H16N4O3/c1-10(11-7-8-15(22)12(9-11)16(23)24-2)20-21-17-18-13-5-3-4-6-14(13)19-17/h3-9,22H,1-2H3,(H2,18,19,21)/b20-10+. The number of hydrazone groups is 1. The van der Waals surface area contributed by atoms with Crippen molar-refractivity contribution < 1.29 is 14.6 Å². The van der Waals surface area contributed by atoms with Crippen LogP contribution >= 0.6 is 0 Å². The molecule has 7 nitrogen and oxygen atoms in total. The molecule has 1 heterocycles. The molecule has 2 aromatic carbocycles. The Morgan fingerprint density at radius 3 is 2.83 bits per heavy atom. The Kier molecular flexibility index (Phi) is 4.15. The molecule has 0 aliphatic carbocycles. The smallest absolute Gasteiger partial charge is 0.341 e. The molecule has 3 N–H and O–H groups in total. The zero-order chi connectivity index (χ0) is 17.1. The van der Waals surface area contributed by atoms with Crippen LogP contribution < -0.4 is 5.43 Å². The number of phenolic OH excluding ortho intramolecular Hbond substituents is 1. The van der Waals surface area contributed by atoms with E-state index in [1.165, 1.54) is 19.2 Å². The molecule has 0 unspecified atom stereocenters. The van der Waals surface area contributed by atoms with E-state index in [1.54, 1.807) is 13.0 Å². The van der Waals surface area contributed by atoms with Gasteiger partial charge in [0.15, 0.2) is 0 Å². The van der Waals surface area contributed by atoms with Gasteiger partial charge in [-0.25, -0.2) is 15.2 Å². The van der Waals surface area contributed by atoms with Crippen molar-refractivity contribution in [1.29, 1.82) is 0 Å². The molecule has 3 aromatic rings. The average molecular weight is 324 g/mol. The first kappa shape index (κ1) is 15.5. The van der Waals surface area contributed by atoms with Crippen LogP contribution in [-0.2, 0) is 4.74 Å². The highest BCUT2D eigenvalue weighted by Gasteiger charge is 2.13. The molecule has 0 saturated carbocycles. The average Bonchev–Trinajstić information content (AvgIpc) is 3.02. The maximum Gasteiger partial charge on any atom is 0.341 e. The second kappa shape index (κ2) is 6.41. The summed E-state index contributed by atoms with van der Waals surface area (Å²) >= 11 is 0. The van der Waals surface area contributed by atoms with E-state index in [0.717, 1.165) is 11.0 Å². The number of methoxy groups -OCH3 is 1. The van der Waals surface area contributed by atoms with Crippen LogP contribution in [0.15, 0.2) is 47.6 Å². The number of nitrogens with zero attached hydrogens (tertiary/aromatic N) is 2. The third-order valence-electron chi connectivity index (χ3n) is 3.54. The lowest BCUT2D eigenvalue weighted by molar-refractivity contribution is 0.0597. The number of H-pyrrole nitrogens is 1. The van der Waals surface area contributed by atoms with Crippen LogP contribution in [0.25, 0.3) is 11.0 Å². The highest BCUT2D eigenvalue weighted by Crippen LogP contribution is 2.20. The lowest BCUT2D eigenvalue weighted by Crippen LogP contribution is -2.05. The summed E-state index contributed by atoms with van der Waals surface area (Å²) in [5.74, 6) is -0.224. The van der Waals surface area contributed by atoms with E-state index in [-0.39, 0.29) is 11.3 Å². The number of nitrogens with one attached hydrogen (secondary N) is 2. The topological polar surface area (TPSA) is 99.6 Å². The van der Waals surface area contributed by atoms with E-state index in [9.17, 15) is 9.90 Å². The number of imidazole rings is 1. The number of para-hydroxylation sites is 2. The predicted molar refractivity (Wildman–Crippen MR) is 91.4 cm³/mol. The van der Waals surface area contributed by atoms with Gasteiger partial charge in [-0.2, -0.15) is 5.10 Å². The first-order valence-electron chi connectivity index (χ1n) is 7.25. The van der Waals surface area contributed by atoms with Gasteiger partial charge in [-0.3, -0.25) is 0 Å². The molecule has 24 heavy (non-hydrogen) atoms.